The van der Waals surface area contributed by atoms with E-state index in [1.54, 1.807) is 12.0 Å². The van der Waals surface area contributed by atoms with E-state index in [2.05, 4.69) is 18.4 Å². The van der Waals surface area contributed by atoms with Crippen molar-refractivity contribution in [2.75, 3.05) is 40.6 Å². The van der Waals surface area contributed by atoms with Crippen LogP contribution in [0.15, 0.2) is 42.3 Å². The number of carbonyl (C=O) groups excluding carboxylic acids is 1. The summed E-state index contributed by atoms with van der Waals surface area (Å²) in [6.07, 6.45) is 1.80. The molecule has 0 N–H and O–H groups in total. The number of rotatable bonds is 9. The van der Waals surface area contributed by atoms with Crippen molar-refractivity contribution in [1.29, 1.82) is 0 Å². The second kappa shape index (κ2) is 12.8. The van der Waals surface area contributed by atoms with E-state index in [-0.39, 0.29) is 36.5 Å². The molecule has 4 heterocycles. The maximum atomic E-state index is 15.8. The van der Waals surface area contributed by atoms with Gasteiger partial charge >= 0.3 is 0 Å². The molecule has 0 saturated heterocycles. The number of thiophene rings is 1. The van der Waals surface area contributed by atoms with Gasteiger partial charge in [0.2, 0.25) is 5.91 Å². The van der Waals surface area contributed by atoms with Crippen LogP contribution in [0.1, 0.15) is 30.8 Å². The monoisotopic (exact) mass is 592 g/mol. The van der Waals surface area contributed by atoms with Crippen LogP contribution in [0.4, 0.5) is 8.78 Å². The van der Waals surface area contributed by atoms with Gasteiger partial charge in [-0.3, -0.25) is 9.48 Å². The summed E-state index contributed by atoms with van der Waals surface area (Å²) in [7, 11) is 3.13. The molecule has 42 heavy (non-hydrogen) atoms. The van der Waals surface area contributed by atoms with Gasteiger partial charge in [0.15, 0.2) is 0 Å². The number of methoxy groups -OCH3 is 2. The molecule has 5 rings (SSSR count). The molecular weight excluding hydrogens is 562 g/mol. The van der Waals surface area contributed by atoms with Gasteiger partial charge in [0.05, 0.1) is 37.1 Å². The number of carbonyl (C=O) groups is 1. The molecule has 1 aromatic carbocycles. The van der Waals surface area contributed by atoms with Gasteiger partial charge in [0.1, 0.15) is 41.1 Å². The van der Waals surface area contributed by atoms with E-state index in [0.717, 1.165) is 23.2 Å². The van der Waals surface area contributed by atoms with Crippen LogP contribution < -0.4 is 4.74 Å². The average molecular weight is 593 g/mol. The van der Waals surface area contributed by atoms with E-state index in [1.807, 2.05) is 29.1 Å². The van der Waals surface area contributed by atoms with Gasteiger partial charge in [-0.2, -0.15) is 5.10 Å². The lowest BCUT2D eigenvalue weighted by Gasteiger charge is -2.33. The average Bonchev–Trinajstić information content (AvgIpc) is 3.64. The van der Waals surface area contributed by atoms with Gasteiger partial charge in [-0.05, 0) is 36.4 Å². The van der Waals surface area contributed by atoms with Crippen molar-refractivity contribution in [1.82, 2.24) is 19.7 Å². The number of ether oxygens (including phenoxy) is 3. The number of halogens is 2. The van der Waals surface area contributed by atoms with Gasteiger partial charge < -0.3 is 19.1 Å². The van der Waals surface area contributed by atoms with Crippen LogP contribution in [0.2, 0.25) is 0 Å². The molecule has 1 aliphatic heterocycles. The van der Waals surface area contributed by atoms with E-state index in [0.29, 0.717) is 53.5 Å². The number of amides is 1. The Bertz CT molecular complexity index is 1700. The standard InChI is InChI=1S/C31H30F2N4O4S/c1-5-27(38)36-10-11-37-25(19(36)2)18-24(35-37)30-29(28-22(33)16-20(32)17-26(28)41-14-13-40-4)31-21(9-15-42-31)23(34-30)8-6-7-12-39-3/h5,9,15-19H,1,7,10-14H2,2-4H3/t19-/m1/s1. The maximum absolute atomic E-state index is 15.8. The smallest absolute Gasteiger partial charge is 0.246 e. The zero-order chi connectivity index (χ0) is 29.8. The highest BCUT2D eigenvalue weighted by molar-refractivity contribution is 7.17. The zero-order valence-corrected chi connectivity index (χ0v) is 24.4. The van der Waals surface area contributed by atoms with Crippen LogP contribution >= 0.6 is 11.3 Å². The number of benzene rings is 1. The largest absolute Gasteiger partial charge is 0.490 e. The van der Waals surface area contributed by atoms with E-state index < -0.39 is 11.6 Å². The summed E-state index contributed by atoms with van der Waals surface area (Å²) in [5, 5.41) is 7.45. The van der Waals surface area contributed by atoms with Crippen LogP contribution in [-0.2, 0) is 20.8 Å². The lowest BCUT2D eigenvalue weighted by atomic mass is 9.97. The molecule has 1 aliphatic rings. The number of pyridine rings is 1. The Labute approximate surface area is 246 Å². The van der Waals surface area contributed by atoms with Crippen LogP contribution in [0.3, 0.4) is 0 Å². The van der Waals surface area contributed by atoms with Crippen LogP contribution in [-0.4, -0.2) is 66.2 Å². The maximum Gasteiger partial charge on any atom is 0.246 e. The van der Waals surface area contributed by atoms with Gasteiger partial charge in [-0.25, -0.2) is 13.8 Å². The molecule has 11 heteroatoms. The summed E-state index contributed by atoms with van der Waals surface area (Å²) in [6.45, 7) is 7.27. The first-order valence-electron chi connectivity index (χ1n) is 13.4. The van der Waals surface area contributed by atoms with E-state index >= 15 is 4.39 Å². The van der Waals surface area contributed by atoms with E-state index in [4.69, 9.17) is 24.3 Å². The molecule has 0 radical (unpaired) electrons. The van der Waals surface area contributed by atoms with Crippen molar-refractivity contribution in [3.05, 3.63) is 65.3 Å². The van der Waals surface area contributed by atoms with Crippen molar-refractivity contribution in [2.45, 2.75) is 25.9 Å². The Morgan fingerprint density at radius 1 is 1.17 bits per heavy atom. The fourth-order valence-corrected chi connectivity index (χ4v) is 5.96. The number of aromatic nitrogens is 3. The summed E-state index contributed by atoms with van der Waals surface area (Å²) in [6, 6.07) is 5.46. The molecule has 0 spiro atoms. The lowest BCUT2D eigenvalue weighted by Crippen LogP contribution is -2.40. The number of fused-ring (bicyclic) bond motifs is 2. The molecule has 1 amide bonds. The zero-order valence-electron chi connectivity index (χ0n) is 23.6. The summed E-state index contributed by atoms with van der Waals surface area (Å²) in [5.74, 6) is 4.54. The third kappa shape index (κ3) is 5.66. The van der Waals surface area contributed by atoms with Crippen molar-refractivity contribution in [3.8, 4) is 40.1 Å². The summed E-state index contributed by atoms with van der Waals surface area (Å²) >= 11 is 1.40. The van der Waals surface area contributed by atoms with E-state index in [1.165, 1.54) is 24.5 Å². The first-order chi connectivity index (χ1) is 20.4. The minimum atomic E-state index is -0.792. The van der Waals surface area contributed by atoms with Crippen LogP contribution in [0.25, 0.3) is 32.6 Å². The Hall–Kier alpha value is -4.11. The van der Waals surface area contributed by atoms with Crippen molar-refractivity contribution < 1.29 is 27.8 Å². The highest BCUT2D eigenvalue weighted by atomic mass is 32.1. The normalized spacial score (nSPS) is 14.4. The second-order valence-electron chi connectivity index (χ2n) is 9.58. The Morgan fingerprint density at radius 3 is 2.74 bits per heavy atom. The lowest BCUT2D eigenvalue weighted by molar-refractivity contribution is -0.129. The number of hydrogen-bond donors (Lipinski definition) is 0. The second-order valence-corrected chi connectivity index (χ2v) is 10.5. The van der Waals surface area contributed by atoms with E-state index in [9.17, 15) is 9.18 Å². The molecule has 218 valence electrons. The Kier molecular flexibility index (Phi) is 8.97. The molecule has 0 aliphatic carbocycles. The third-order valence-electron chi connectivity index (χ3n) is 7.02. The summed E-state index contributed by atoms with van der Waals surface area (Å²) < 4.78 is 48.8. The molecule has 8 nitrogen and oxygen atoms in total. The first kappa shape index (κ1) is 29.4. The molecule has 0 fully saturated rings. The van der Waals surface area contributed by atoms with Gasteiger partial charge in [0, 0.05) is 55.0 Å². The Morgan fingerprint density at radius 2 is 1.98 bits per heavy atom. The molecule has 4 aromatic rings. The number of hydrogen-bond acceptors (Lipinski definition) is 7. The van der Waals surface area contributed by atoms with Crippen molar-refractivity contribution in [3.63, 3.8) is 0 Å². The molecule has 1 atom stereocenters. The summed E-state index contributed by atoms with van der Waals surface area (Å²) in [5.41, 5.74) is 2.65. The molecular formula is C31H30F2N4O4S. The third-order valence-corrected chi connectivity index (χ3v) is 7.95. The fourth-order valence-electron chi connectivity index (χ4n) is 5.01. The van der Waals surface area contributed by atoms with Gasteiger partial charge in [-0.1, -0.05) is 12.5 Å². The summed E-state index contributed by atoms with van der Waals surface area (Å²) in [4.78, 5) is 19.1. The van der Waals surface area contributed by atoms with Crippen LogP contribution in [0.5, 0.6) is 5.75 Å². The minimum Gasteiger partial charge on any atom is -0.490 e. The van der Waals surface area contributed by atoms with Gasteiger partial charge in [-0.15, -0.1) is 11.3 Å². The molecule has 0 unspecified atom stereocenters. The number of nitrogens with zero attached hydrogens (tertiary/aromatic N) is 4. The fraction of sp³-hybridized carbons (Fsp3) is 0.323. The topological polar surface area (TPSA) is 78.7 Å². The predicted octanol–water partition coefficient (Wildman–Crippen LogP) is 5.61. The molecule has 3 aromatic heterocycles. The van der Waals surface area contributed by atoms with Crippen LogP contribution in [0, 0.1) is 23.5 Å². The molecule has 0 bridgehead atoms. The molecule has 0 saturated carbocycles. The SMILES string of the molecule is C=CC(=O)N1CCn2nc(-c3nc(C#CCCOC)c4ccsc4c3-c3c(F)cc(F)cc3OCCOC)cc2[C@H]1C. The highest BCUT2D eigenvalue weighted by Gasteiger charge is 2.31. The first-order valence-corrected chi connectivity index (χ1v) is 14.3. The predicted molar refractivity (Wildman–Crippen MR) is 157 cm³/mol. The quantitative estimate of drug-likeness (QED) is 0.143. The van der Waals surface area contributed by atoms with Crippen molar-refractivity contribution in [2.24, 2.45) is 0 Å². The highest BCUT2D eigenvalue weighted by Crippen LogP contribution is 2.45. The van der Waals surface area contributed by atoms with Gasteiger partial charge in [0.25, 0.3) is 0 Å². The van der Waals surface area contributed by atoms with Crippen molar-refractivity contribution >= 4 is 27.3 Å². The minimum absolute atomic E-state index is 0.0290. The Balaban J connectivity index is 1.76.